The summed E-state index contributed by atoms with van der Waals surface area (Å²) in [5, 5.41) is 2.88. The SMILES string of the molecule is COC(=O)c1cnc(Nc2cc(F)ccc2Br)cn1. The number of hydrogen-bond acceptors (Lipinski definition) is 5. The van der Waals surface area contributed by atoms with Crippen LogP contribution in [0.2, 0.25) is 0 Å². The number of nitrogens with one attached hydrogen (secondary N) is 1. The van der Waals surface area contributed by atoms with Gasteiger partial charge in [0.1, 0.15) is 11.6 Å². The smallest absolute Gasteiger partial charge is 0.358 e. The van der Waals surface area contributed by atoms with E-state index in [9.17, 15) is 9.18 Å². The number of esters is 1. The largest absolute Gasteiger partial charge is 0.464 e. The first kappa shape index (κ1) is 13.4. The minimum absolute atomic E-state index is 0.103. The van der Waals surface area contributed by atoms with Crippen LogP contribution < -0.4 is 5.32 Å². The summed E-state index contributed by atoms with van der Waals surface area (Å²) in [5.74, 6) is -0.547. The molecule has 0 atom stereocenters. The Kier molecular flexibility index (Phi) is 4.06. The van der Waals surface area contributed by atoms with Crippen molar-refractivity contribution < 1.29 is 13.9 Å². The van der Waals surface area contributed by atoms with Gasteiger partial charge in [0.15, 0.2) is 5.69 Å². The topological polar surface area (TPSA) is 64.1 Å². The van der Waals surface area contributed by atoms with Crippen LogP contribution in [0.3, 0.4) is 0 Å². The van der Waals surface area contributed by atoms with Gasteiger partial charge in [0, 0.05) is 4.47 Å². The van der Waals surface area contributed by atoms with Gasteiger partial charge in [-0.05, 0) is 34.1 Å². The summed E-state index contributed by atoms with van der Waals surface area (Å²) in [7, 11) is 1.26. The lowest BCUT2D eigenvalue weighted by Gasteiger charge is -2.07. The van der Waals surface area contributed by atoms with Gasteiger partial charge in [0.05, 0.1) is 25.2 Å². The fourth-order valence-corrected chi connectivity index (χ4v) is 1.68. The molecule has 1 N–H and O–H groups in total. The minimum atomic E-state index is -0.564. The lowest BCUT2D eigenvalue weighted by atomic mass is 10.3. The molecular formula is C12H9BrFN3O2. The number of carbonyl (C=O) groups is 1. The molecule has 0 fully saturated rings. The molecule has 0 aliphatic carbocycles. The van der Waals surface area contributed by atoms with Crippen LogP contribution in [0, 0.1) is 5.82 Å². The third-order valence-electron chi connectivity index (χ3n) is 2.24. The molecule has 5 nitrogen and oxygen atoms in total. The van der Waals surface area contributed by atoms with Crippen LogP contribution in [0.15, 0.2) is 35.1 Å². The second-order valence-electron chi connectivity index (χ2n) is 3.53. The molecule has 2 aromatic rings. The third kappa shape index (κ3) is 3.25. The number of carbonyl (C=O) groups excluding carboxylic acids is 1. The normalized spacial score (nSPS) is 10.1. The summed E-state index contributed by atoms with van der Waals surface area (Å²) < 4.78 is 18.3. The van der Waals surface area contributed by atoms with Crippen molar-refractivity contribution >= 4 is 33.4 Å². The Hall–Kier alpha value is -2.02. The van der Waals surface area contributed by atoms with E-state index >= 15 is 0 Å². The third-order valence-corrected chi connectivity index (χ3v) is 2.93. The zero-order valence-electron chi connectivity index (χ0n) is 9.85. The summed E-state index contributed by atoms with van der Waals surface area (Å²) in [6.07, 6.45) is 2.64. The molecule has 0 unspecified atom stereocenters. The van der Waals surface area contributed by atoms with E-state index in [-0.39, 0.29) is 11.5 Å². The number of hydrogen-bond donors (Lipinski definition) is 1. The summed E-state index contributed by atoms with van der Waals surface area (Å²) in [6.45, 7) is 0. The Morgan fingerprint density at radius 1 is 1.37 bits per heavy atom. The highest BCUT2D eigenvalue weighted by Gasteiger charge is 2.08. The van der Waals surface area contributed by atoms with Crippen molar-refractivity contribution in [3.63, 3.8) is 0 Å². The molecule has 0 radical (unpaired) electrons. The number of methoxy groups -OCH3 is 1. The van der Waals surface area contributed by atoms with Crippen molar-refractivity contribution in [2.45, 2.75) is 0 Å². The Morgan fingerprint density at radius 2 is 2.16 bits per heavy atom. The number of rotatable bonds is 3. The maximum Gasteiger partial charge on any atom is 0.358 e. The number of nitrogens with zero attached hydrogens (tertiary/aromatic N) is 2. The van der Waals surface area contributed by atoms with Gasteiger partial charge in [-0.1, -0.05) is 0 Å². The Labute approximate surface area is 117 Å². The highest BCUT2D eigenvalue weighted by atomic mass is 79.9. The van der Waals surface area contributed by atoms with E-state index < -0.39 is 5.97 Å². The highest BCUT2D eigenvalue weighted by molar-refractivity contribution is 9.10. The predicted octanol–water partition coefficient (Wildman–Crippen LogP) is 2.91. The van der Waals surface area contributed by atoms with Crippen molar-refractivity contribution in [1.29, 1.82) is 0 Å². The van der Waals surface area contributed by atoms with Crippen LogP contribution >= 0.6 is 15.9 Å². The Bertz CT molecular complexity index is 604. The van der Waals surface area contributed by atoms with Crippen LogP contribution in [0.25, 0.3) is 0 Å². The summed E-state index contributed by atoms with van der Waals surface area (Å²) in [5.41, 5.74) is 0.617. The maximum atomic E-state index is 13.1. The standard InChI is InChI=1S/C12H9BrFN3O2/c1-19-12(18)10-5-16-11(6-15-10)17-9-4-7(14)2-3-8(9)13/h2-6H,1H3,(H,16,17). The molecule has 0 aliphatic heterocycles. The highest BCUT2D eigenvalue weighted by Crippen LogP contribution is 2.25. The second-order valence-corrected chi connectivity index (χ2v) is 4.38. The van der Waals surface area contributed by atoms with E-state index in [2.05, 4.69) is 36.0 Å². The first-order valence-electron chi connectivity index (χ1n) is 5.22. The molecule has 7 heteroatoms. The molecule has 1 aromatic carbocycles. The van der Waals surface area contributed by atoms with Crippen molar-refractivity contribution in [1.82, 2.24) is 9.97 Å². The molecular weight excluding hydrogens is 317 g/mol. The molecule has 0 saturated carbocycles. The van der Waals surface area contributed by atoms with Crippen molar-refractivity contribution in [3.05, 3.63) is 46.6 Å². The van der Waals surface area contributed by atoms with Crippen molar-refractivity contribution in [2.75, 3.05) is 12.4 Å². The Morgan fingerprint density at radius 3 is 2.79 bits per heavy atom. The van der Waals surface area contributed by atoms with Gasteiger partial charge < -0.3 is 10.1 Å². The van der Waals surface area contributed by atoms with Crippen LogP contribution in [-0.4, -0.2) is 23.0 Å². The lowest BCUT2D eigenvalue weighted by molar-refractivity contribution is 0.0593. The van der Waals surface area contributed by atoms with Gasteiger partial charge in [-0.3, -0.25) is 0 Å². The maximum absolute atomic E-state index is 13.1. The number of halogens is 2. The van der Waals surface area contributed by atoms with Gasteiger partial charge in [-0.2, -0.15) is 0 Å². The molecule has 19 heavy (non-hydrogen) atoms. The molecule has 2 rings (SSSR count). The zero-order chi connectivity index (χ0) is 13.8. The summed E-state index contributed by atoms with van der Waals surface area (Å²) in [4.78, 5) is 19.1. The molecule has 0 amide bonds. The van der Waals surface area contributed by atoms with E-state index in [4.69, 9.17) is 0 Å². The number of aromatic nitrogens is 2. The summed E-state index contributed by atoms with van der Waals surface area (Å²) in [6, 6.07) is 4.23. The van der Waals surface area contributed by atoms with Crippen LogP contribution in [0.4, 0.5) is 15.9 Å². The zero-order valence-corrected chi connectivity index (χ0v) is 11.4. The van der Waals surface area contributed by atoms with Crippen molar-refractivity contribution in [2.24, 2.45) is 0 Å². The van der Waals surface area contributed by atoms with E-state index in [1.54, 1.807) is 6.07 Å². The van der Waals surface area contributed by atoms with Crippen LogP contribution in [0.1, 0.15) is 10.5 Å². The van der Waals surface area contributed by atoms with Gasteiger partial charge in [-0.15, -0.1) is 0 Å². The fraction of sp³-hybridized carbons (Fsp3) is 0.0833. The average Bonchev–Trinajstić information content (AvgIpc) is 2.43. The van der Waals surface area contributed by atoms with Crippen LogP contribution in [-0.2, 0) is 4.74 Å². The predicted molar refractivity (Wildman–Crippen MR) is 70.8 cm³/mol. The molecule has 0 bridgehead atoms. The number of ether oxygens (including phenoxy) is 1. The average molecular weight is 326 g/mol. The molecule has 98 valence electrons. The van der Waals surface area contributed by atoms with Gasteiger partial charge in [-0.25, -0.2) is 19.2 Å². The summed E-state index contributed by atoms with van der Waals surface area (Å²) >= 11 is 3.29. The van der Waals surface area contributed by atoms with E-state index in [1.807, 2.05) is 0 Å². The molecule has 0 spiro atoms. The first-order valence-corrected chi connectivity index (χ1v) is 6.02. The fourth-order valence-electron chi connectivity index (χ4n) is 1.33. The van der Waals surface area contributed by atoms with Crippen molar-refractivity contribution in [3.8, 4) is 0 Å². The first-order chi connectivity index (χ1) is 9.10. The number of benzene rings is 1. The van der Waals surface area contributed by atoms with E-state index in [0.717, 1.165) is 0 Å². The molecule has 1 heterocycles. The monoisotopic (exact) mass is 325 g/mol. The van der Waals surface area contributed by atoms with Gasteiger partial charge in [0.25, 0.3) is 0 Å². The van der Waals surface area contributed by atoms with E-state index in [0.29, 0.717) is 16.0 Å². The van der Waals surface area contributed by atoms with Gasteiger partial charge >= 0.3 is 5.97 Å². The molecule has 1 aromatic heterocycles. The quantitative estimate of drug-likeness (QED) is 0.879. The number of anilines is 2. The lowest BCUT2D eigenvalue weighted by Crippen LogP contribution is -2.05. The molecule has 0 saturated heterocycles. The minimum Gasteiger partial charge on any atom is -0.464 e. The molecule has 0 aliphatic rings. The second kappa shape index (κ2) is 5.75. The Balaban J connectivity index is 2.19. The van der Waals surface area contributed by atoms with Crippen LogP contribution in [0.5, 0.6) is 0 Å². The van der Waals surface area contributed by atoms with Gasteiger partial charge in [0.2, 0.25) is 0 Å². The van der Waals surface area contributed by atoms with E-state index in [1.165, 1.54) is 31.6 Å².